The van der Waals surface area contributed by atoms with E-state index in [1.54, 1.807) is 12.1 Å². The van der Waals surface area contributed by atoms with Crippen LogP contribution in [0.1, 0.15) is 18.9 Å². The Kier molecular flexibility index (Phi) is 4.64. The molecule has 0 unspecified atom stereocenters. The number of rotatable bonds is 5. The van der Waals surface area contributed by atoms with E-state index in [9.17, 15) is 4.79 Å². The summed E-state index contributed by atoms with van der Waals surface area (Å²) in [6, 6.07) is 5.48. The van der Waals surface area contributed by atoms with E-state index < -0.39 is 0 Å². The molecule has 3 N–H and O–H groups in total. The predicted octanol–water partition coefficient (Wildman–Crippen LogP) is 1.48. The average molecular weight is 222 g/mol. The number of hydrogen-bond donors (Lipinski definition) is 2. The molecule has 0 aromatic heterocycles. The van der Waals surface area contributed by atoms with Gasteiger partial charge in [0.05, 0.1) is 13.0 Å². The van der Waals surface area contributed by atoms with Crippen LogP contribution in [0.25, 0.3) is 0 Å². The molecule has 0 saturated carbocycles. The number of amides is 1. The van der Waals surface area contributed by atoms with Crippen molar-refractivity contribution >= 4 is 11.6 Å². The van der Waals surface area contributed by atoms with Crippen molar-refractivity contribution in [2.24, 2.45) is 0 Å². The zero-order valence-corrected chi connectivity index (χ0v) is 9.75. The molecule has 0 aliphatic carbocycles. The molecular weight excluding hydrogens is 204 g/mol. The number of aryl methyl sites for hydroxylation is 1. The summed E-state index contributed by atoms with van der Waals surface area (Å²) in [5, 5.41) is 2.71. The lowest BCUT2D eigenvalue weighted by atomic mass is 10.2. The highest BCUT2D eigenvalue weighted by Crippen LogP contribution is 2.18. The Balaban J connectivity index is 2.37. The van der Waals surface area contributed by atoms with E-state index in [0.717, 1.165) is 17.0 Å². The van der Waals surface area contributed by atoms with Gasteiger partial charge in [0, 0.05) is 12.2 Å². The highest BCUT2D eigenvalue weighted by Gasteiger charge is 2.01. The highest BCUT2D eigenvalue weighted by molar-refractivity contribution is 5.75. The Bertz CT molecular complexity index is 364. The molecule has 0 spiro atoms. The predicted molar refractivity (Wildman–Crippen MR) is 64.4 cm³/mol. The molecule has 1 aromatic carbocycles. The van der Waals surface area contributed by atoms with Gasteiger partial charge in [0.1, 0.15) is 5.75 Å². The third-order valence-corrected chi connectivity index (χ3v) is 2.21. The van der Waals surface area contributed by atoms with Crippen LogP contribution >= 0.6 is 0 Å². The zero-order valence-electron chi connectivity index (χ0n) is 9.75. The van der Waals surface area contributed by atoms with E-state index in [-0.39, 0.29) is 5.91 Å². The molecule has 0 heterocycles. The van der Waals surface area contributed by atoms with E-state index >= 15 is 0 Å². The Morgan fingerprint density at radius 2 is 2.25 bits per heavy atom. The number of ether oxygens (including phenoxy) is 1. The van der Waals surface area contributed by atoms with Gasteiger partial charge in [-0.2, -0.15) is 0 Å². The molecule has 1 aromatic rings. The maximum atomic E-state index is 11.1. The van der Waals surface area contributed by atoms with Crippen LogP contribution in [-0.2, 0) is 4.79 Å². The minimum absolute atomic E-state index is 0.00895. The number of anilines is 1. The fourth-order valence-corrected chi connectivity index (χ4v) is 1.29. The molecule has 4 nitrogen and oxygen atoms in total. The van der Waals surface area contributed by atoms with Crippen molar-refractivity contribution in [3.63, 3.8) is 0 Å². The van der Waals surface area contributed by atoms with Gasteiger partial charge in [0.25, 0.3) is 0 Å². The molecule has 0 fully saturated rings. The van der Waals surface area contributed by atoms with Gasteiger partial charge in [-0.3, -0.25) is 4.79 Å². The first-order valence-electron chi connectivity index (χ1n) is 5.39. The largest absolute Gasteiger partial charge is 0.493 e. The minimum Gasteiger partial charge on any atom is -0.493 e. The summed E-state index contributed by atoms with van der Waals surface area (Å²) >= 11 is 0. The van der Waals surface area contributed by atoms with Crippen LogP contribution in [0.4, 0.5) is 5.69 Å². The number of hydrogen-bond acceptors (Lipinski definition) is 3. The Hall–Kier alpha value is -1.71. The van der Waals surface area contributed by atoms with Gasteiger partial charge in [-0.05, 0) is 37.6 Å². The monoisotopic (exact) mass is 222 g/mol. The summed E-state index contributed by atoms with van der Waals surface area (Å²) in [6.07, 6.45) is 0.372. The van der Waals surface area contributed by atoms with Crippen LogP contribution in [0.3, 0.4) is 0 Å². The molecule has 4 heteroatoms. The molecule has 88 valence electrons. The molecule has 1 amide bonds. The molecule has 0 aliphatic rings. The van der Waals surface area contributed by atoms with Gasteiger partial charge in [-0.1, -0.05) is 0 Å². The van der Waals surface area contributed by atoms with Crippen LogP contribution in [0.15, 0.2) is 18.2 Å². The van der Waals surface area contributed by atoms with Gasteiger partial charge in [0.15, 0.2) is 0 Å². The first-order chi connectivity index (χ1) is 7.63. The van der Waals surface area contributed by atoms with Crippen LogP contribution < -0.4 is 15.8 Å². The van der Waals surface area contributed by atoms with Crippen molar-refractivity contribution in [1.82, 2.24) is 5.32 Å². The molecule has 0 bridgehead atoms. The summed E-state index contributed by atoms with van der Waals surface area (Å²) in [6.45, 7) is 4.85. The quantitative estimate of drug-likeness (QED) is 0.742. The fourth-order valence-electron chi connectivity index (χ4n) is 1.29. The van der Waals surface area contributed by atoms with E-state index in [1.165, 1.54) is 0 Å². The van der Waals surface area contributed by atoms with Gasteiger partial charge >= 0.3 is 0 Å². The Morgan fingerprint density at radius 1 is 1.50 bits per heavy atom. The van der Waals surface area contributed by atoms with Gasteiger partial charge in [0.2, 0.25) is 5.91 Å². The summed E-state index contributed by atoms with van der Waals surface area (Å²) in [7, 11) is 0. The molecular formula is C12H18N2O2. The standard InChI is InChI=1S/C12H18N2O2/c1-3-14-12(15)6-7-16-10-4-5-11(13)9(2)8-10/h4-5,8H,3,6-7,13H2,1-2H3,(H,14,15). The average Bonchev–Trinajstić information content (AvgIpc) is 2.24. The van der Waals surface area contributed by atoms with Crippen LogP contribution in [-0.4, -0.2) is 19.1 Å². The van der Waals surface area contributed by atoms with E-state index in [4.69, 9.17) is 10.5 Å². The Labute approximate surface area is 95.8 Å². The van der Waals surface area contributed by atoms with E-state index in [0.29, 0.717) is 19.6 Å². The number of carbonyl (C=O) groups is 1. The molecule has 0 aliphatic heterocycles. The van der Waals surface area contributed by atoms with Crippen molar-refractivity contribution in [3.05, 3.63) is 23.8 Å². The highest BCUT2D eigenvalue weighted by atomic mass is 16.5. The smallest absolute Gasteiger partial charge is 0.223 e. The summed E-state index contributed by atoms with van der Waals surface area (Å²) in [5.74, 6) is 0.755. The zero-order chi connectivity index (χ0) is 12.0. The van der Waals surface area contributed by atoms with Gasteiger partial charge < -0.3 is 15.8 Å². The summed E-state index contributed by atoms with van der Waals surface area (Å²) < 4.78 is 5.44. The third kappa shape index (κ3) is 3.81. The second-order valence-corrected chi connectivity index (χ2v) is 3.57. The van der Waals surface area contributed by atoms with Crippen LogP contribution in [0, 0.1) is 6.92 Å². The summed E-state index contributed by atoms with van der Waals surface area (Å²) in [5.41, 5.74) is 7.41. The normalized spacial score (nSPS) is 9.88. The van der Waals surface area contributed by atoms with E-state index in [2.05, 4.69) is 5.32 Å². The third-order valence-electron chi connectivity index (χ3n) is 2.21. The number of nitrogen functional groups attached to an aromatic ring is 1. The lowest BCUT2D eigenvalue weighted by Crippen LogP contribution is -2.24. The fraction of sp³-hybridized carbons (Fsp3) is 0.417. The van der Waals surface area contributed by atoms with Crippen molar-refractivity contribution in [1.29, 1.82) is 0 Å². The number of nitrogens with two attached hydrogens (primary N) is 1. The molecule has 1 rings (SSSR count). The summed E-state index contributed by atoms with van der Waals surface area (Å²) in [4.78, 5) is 11.1. The lowest BCUT2D eigenvalue weighted by molar-refractivity contribution is -0.121. The molecule has 0 saturated heterocycles. The second kappa shape index (κ2) is 6.00. The minimum atomic E-state index is 0.00895. The van der Waals surface area contributed by atoms with Crippen molar-refractivity contribution < 1.29 is 9.53 Å². The van der Waals surface area contributed by atoms with Gasteiger partial charge in [-0.15, -0.1) is 0 Å². The van der Waals surface area contributed by atoms with Crippen LogP contribution in [0.5, 0.6) is 5.75 Å². The maximum absolute atomic E-state index is 11.1. The molecule has 0 atom stereocenters. The first-order valence-corrected chi connectivity index (χ1v) is 5.39. The van der Waals surface area contributed by atoms with Crippen LogP contribution in [0.2, 0.25) is 0 Å². The second-order valence-electron chi connectivity index (χ2n) is 3.57. The molecule has 16 heavy (non-hydrogen) atoms. The number of benzene rings is 1. The number of carbonyl (C=O) groups excluding carboxylic acids is 1. The van der Waals surface area contributed by atoms with Gasteiger partial charge in [-0.25, -0.2) is 0 Å². The van der Waals surface area contributed by atoms with E-state index in [1.807, 2.05) is 19.9 Å². The van der Waals surface area contributed by atoms with Crippen molar-refractivity contribution in [3.8, 4) is 5.75 Å². The number of nitrogens with one attached hydrogen (secondary N) is 1. The van der Waals surface area contributed by atoms with Crippen molar-refractivity contribution in [2.75, 3.05) is 18.9 Å². The first kappa shape index (κ1) is 12.4. The SMILES string of the molecule is CCNC(=O)CCOc1ccc(N)c(C)c1. The Morgan fingerprint density at radius 3 is 2.88 bits per heavy atom. The lowest BCUT2D eigenvalue weighted by Gasteiger charge is -2.08. The van der Waals surface area contributed by atoms with Crippen molar-refractivity contribution in [2.45, 2.75) is 20.3 Å². The maximum Gasteiger partial charge on any atom is 0.223 e. The topological polar surface area (TPSA) is 64.3 Å². The molecule has 0 radical (unpaired) electrons.